The lowest BCUT2D eigenvalue weighted by atomic mass is 10.0. The molecule has 0 saturated heterocycles. The second-order valence-electron chi connectivity index (χ2n) is 8.59. The SMILES string of the molecule is CNC(=O)c1c(-c2ccc(Cl)cc2)oc2cc(N(Cc3ccc(Br)c(Cl)c3)S(=O)O)c(C3CC3)cc12. The van der Waals surface area contributed by atoms with Crippen LogP contribution in [0.3, 0.4) is 0 Å². The fourth-order valence-corrected chi connectivity index (χ4v) is 5.43. The molecular formula is C26H21BrCl2N2O4S. The van der Waals surface area contributed by atoms with E-state index in [1.807, 2.05) is 18.2 Å². The van der Waals surface area contributed by atoms with E-state index in [1.54, 1.807) is 43.4 Å². The third-order valence-electron chi connectivity index (χ3n) is 6.18. The monoisotopic (exact) mass is 606 g/mol. The van der Waals surface area contributed by atoms with Gasteiger partial charge in [0.1, 0.15) is 11.3 Å². The summed E-state index contributed by atoms with van der Waals surface area (Å²) in [4.78, 5) is 13.0. The second-order valence-corrected chi connectivity index (χ2v) is 11.2. The molecule has 2 N–H and O–H groups in total. The standard InChI is InChI=1S/C26H21BrCl2N2O4S/c1-30-26(32)24-19-11-18(15-3-4-15)22(12-23(19)35-25(24)16-5-7-17(28)8-6-16)31(36(33)34)13-14-2-9-20(27)21(29)10-14/h2,5-12,15H,3-4,13H2,1H3,(H,30,32)(H,33,34). The van der Waals surface area contributed by atoms with Crippen LogP contribution in [0.5, 0.6) is 0 Å². The van der Waals surface area contributed by atoms with Gasteiger partial charge >= 0.3 is 0 Å². The highest BCUT2D eigenvalue weighted by atomic mass is 79.9. The van der Waals surface area contributed by atoms with Gasteiger partial charge in [-0.25, -0.2) is 4.21 Å². The van der Waals surface area contributed by atoms with Gasteiger partial charge in [-0.15, -0.1) is 0 Å². The van der Waals surface area contributed by atoms with Crippen molar-refractivity contribution in [3.63, 3.8) is 0 Å². The summed E-state index contributed by atoms with van der Waals surface area (Å²) in [6, 6.07) is 16.1. The van der Waals surface area contributed by atoms with Gasteiger partial charge in [0.15, 0.2) is 0 Å². The molecule has 1 heterocycles. The fraction of sp³-hybridized carbons (Fsp3) is 0.192. The zero-order valence-electron chi connectivity index (χ0n) is 19.1. The molecule has 1 aromatic heterocycles. The Morgan fingerprint density at radius 1 is 1.17 bits per heavy atom. The molecule has 6 nitrogen and oxygen atoms in total. The molecule has 3 aromatic carbocycles. The zero-order valence-corrected chi connectivity index (χ0v) is 23.0. The highest BCUT2D eigenvalue weighted by Gasteiger charge is 2.32. The van der Waals surface area contributed by atoms with Crippen molar-refractivity contribution < 1.29 is 18.0 Å². The van der Waals surface area contributed by atoms with Crippen molar-refractivity contribution in [2.45, 2.75) is 25.3 Å². The summed E-state index contributed by atoms with van der Waals surface area (Å²) in [6.07, 6.45) is 1.93. The van der Waals surface area contributed by atoms with E-state index < -0.39 is 11.3 Å². The third kappa shape index (κ3) is 4.93. The number of nitrogens with one attached hydrogen (secondary N) is 1. The van der Waals surface area contributed by atoms with Crippen LogP contribution in [0, 0.1) is 0 Å². The predicted octanol–water partition coefficient (Wildman–Crippen LogP) is 7.55. The first-order valence-electron chi connectivity index (χ1n) is 11.2. The Balaban J connectivity index is 1.68. The van der Waals surface area contributed by atoms with Gasteiger partial charge in [0.2, 0.25) is 0 Å². The van der Waals surface area contributed by atoms with E-state index in [2.05, 4.69) is 21.2 Å². The van der Waals surface area contributed by atoms with Gasteiger partial charge in [-0.05, 0) is 88.3 Å². The van der Waals surface area contributed by atoms with Crippen LogP contribution in [0.1, 0.15) is 40.2 Å². The van der Waals surface area contributed by atoms with Gasteiger partial charge in [0.25, 0.3) is 17.2 Å². The lowest BCUT2D eigenvalue weighted by molar-refractivity contribution is 0.0964. The maximum atomic E-state index is 13.0. The van der Waals surface area contributed by atoms with Gasteiger partial charge in [0.05, 0.1) is 22.8 Å². The van der Waals surface area contributed by atoms with E-state index in [-0.39, 0.29) is 18.4 Å². The fourth-order valence-electron chi connectivity index (χ4n) is 4.27. The summed E-state index contributed by atoms with van der Waals surface area (Å²) in [5.41, 5.74) is 3.84. The number of fused-ring (bicyclic) bond motifs is 1. The van der Waals surface area contributed by atoms with Crippen LogP contribution in [-0.4, -0.2) is 21.7 Å². The molecule has 186 valence electrons. The zero-order chi connectivity index (χ0) is 25.6. The second kappa shape index (κ2) is 10.2. The van der Waals surface area contributed by atoms with Crippen LogP contribution >= 0.6 is 39.1 Å². The normalized spacial score (nSPS) is 14.1. The number of amides is 1. The van der Waals surface area contributed by atoms with Crippen molar-refractivity contribution >= 4 is 73.0 Å². The molecule has 0 radical (unpaired) electrons. The smallest absolute Gasteiger partial charge is 0.262 e. The van der Waals surface area contributed by atoms with Gasteiger partial charge in [0, 0.05) is 33.6 Å². The number of nitrogens with zero attached hydrogens (tertiary/aromatic N) is 1. The molecule has 1 atom stereocenters. The number of rotatable bonds is 7. The molecule has 5 rings (SSSR count). The summed E-state index contributed by atoms with van der Waals surface area (Å²) in [5.74, 6) is 0.368. The minimum Gasteiger partial charge on any atom is -0.455 e. The Morgan fingerprint density at radius 2 is 1.89 bits per heavy atom. The number of anilines is 1. The van der Waals surface area contributed by atoms with E-state index >= 15 is 0 Å². The predicted molar refractivity (Wildman–Crippen MR) is 148 cm³/mol. The quantitative estimate of drug-likeness (QED) is 0.212. The molecular weight excluding hydrogens is 587 g/mol. The maximum absolute atomic E-state index is 13.0. The van der Waals surface area contributed by atoms with E-state index in [4.69, 9.17) is 27.6 Å². The largest absolute Gasteiger partial charge is 0.455 e. The highest BCUT2D eigenvalue weighted by Crippen LogP contribution is 2.48. The number of halogens is 3. The topological polar surface area (TPSA) is 82.8 Å². The van der Waals surface area contributed by atoms with Gasteiger partial charge in [-0.3, -0.25) is 13.7 Å². The van der Waals surface area contributed by atoms with Crippen LogP contribution in [-0.2, 0) is 17.8 Å². The Kier molecular flexibility index (Phi) is 7.16. The molecule has 1 fully saturated rings. The number of carbonyl (C=O) groups excluding carboxylic acids is 1. The summed E-state index contributed by atoms with van der Waals surface area (Å²) >= 11 is 13.4. The molecule has 0 bridgehead atoms. The molecule has 1 aliphatic rings. The van der Waals surface area contributed by atoms with Crippen molar-refractivity contribution in [1.82, 2.24) is 5.32 Å². The van der Waals surface area contributed by atoms with Crippen molar-refractivity contribution in [2.75, 3.05) is 11.4 Å². The summed E-state index contributed by atoms with van der Waals surface area (Å²) in [7, 11) is 1.57. The van der Waals surface area contributed by atoms with Gasteiger partial charge in [-0.1, -0.05) is 29.3 Å². The van der Waals surface area contributed by atoms with Crippen LogP contribution < -0.4 is 9.62 Å². The lowest BCUT2D eigenvalue weighted by Crippen LogP contribution is -2.25. The maximum Gasteiger partial charge on any atom is 0.262 e. The van der Waals surface area contributed by atoms with Crippen molar-refractivity contribution in [3.8, 4) is 11.3 Å². The first kappa shape index (κ1) is 25.3. The number of furan rings is 1. The minimum atomic E-state index is -2.31. The van der Waals surface area contributed by atoms with E-state index in [0.717, 1.165) is 28.4 Å². The van der Waals surface area contributed by atoms with Crippen molar-refractivity contribution in [3.05, 3.63) is 85.8 Å². The number of hydrogen-bond donors (Lipinski definition) is 2. The molecule has 1 aliphatic carbocycles. The number of carbonyl (C=O) groups is 1. The van der Waals surface area contributed by atoms with E-state index in [9.17, 15) is 13.6 Å². The van der Waals surface area contributed by atoms with E-state index in [0.29, 0.717) is 43.6 Å². The van der Waals surface area contributed by atoms with Crippen LogP contribution in [0.15, 0.2) is 63.5 Å². The molecule has 1 saturated carbocycles. The Bertz CT molecular complexity index is 1500. The van der Waals surface area contributed by atoms with Crippen LogP contribution in [0.2, 0.25) is 10.0 Å². The Labute approximate surface area is 229 Å². The molecule has 0 spiro atoms. The molecule has 4 aromatic rings. The average Bonchev–Trinajstić information content (AvgIpc) is 3.64. The Hall–Kier alpha value is -2.36. The molecule has 36 heavy (non-hydrogen) atoms. The molecule has 1 unspecified atom stereocenters. The van der Waals surface area contributed by atoms with Crippen molar-refractivity contribution in [1.29, 1.82) is 0 Å². The number of hydrogen-bond acceptors (Lipinski definition) is 3. The van der Waals surface area contributed by atoms with Gasteiger partial charge in [-0.2, -0.15) is 0 Å². The van der Waals surface area contributed by atoms with Crippen LogP contribution in [0.25, 0.3) is 22.3 Å². The minimum absolute atomic E-state index is 0.161. The third-order valence-corrected chi connectivity index (χ3v) is 8.37. The first-order valence-corrected chi connectivity index (χ1v) is 13.8. The summed E-state index contributed by atoms with van der Waals surface area (Å²) in [5, 5.41) is 4.45. The Morgan fingerprint density at radius 3 is 2.50 bits per heavy atom. The molecule has 1 amide bonds. The lowest BCUT2D eigenvalue weighted by Gasteiger charge is -2.23. The van der Waals surface area contributed by atoms with Crippen LogP contribution in [0.4, 0.5) is 5.69 Å². The summed E-state index contributed by atoms with van der Waals surface area (Å²) in [6.45, 7) is 0.161. The molecule has 0 aliphatic heterocycles. The average molecular weight is 608 g/mol. The van der Waals surface area contributed by atoms with Crippen molar-refractivity contribution in [2.24, 2.45) is 0 Å². The first-order chi connectivity index (χ1) is 17.3. The molecule has 10 heteroatoms. The highest BCUT2D eigenvalue weighted by molar-refractivity contribution is 9.10. The van der Waals surface area contributed by atoms with E-state index in [1.165, 1.54) is 4.31 Å². The summed E-state index contributed by atoms with van der Waals surface area (Å²) < 4.78 is 31.2. The number of benzene rings is 3. The van der Waals surface area contributed by atoms with Gasteiger partial charge < -0.3 is 9.73 Å².